The first-order valence-corrected chi connectivity index (χ1v) is 6.27. The molecule has 2 nitrogen and oxygen atoms in total. The lowest BCUT2D eigenvalue weighted by Crippen LogP contribution is -2.09. The minimum Gasteiger partial charge on any atom is -0.494 e. The van der Waals surface area contributed by atoms with E-state index in [1.165, 1.54) is 23.3 Å². The van der Waals surface area contributed by atoms with Gasteiger partial charge in [-0.1, -0.05) is 24.3 Å². The van der Waals surface area contributed by atoms with E-state index in [0.717, 1.165) is 5.69 Å². The van der Waals surface area contributed by atoms with E-state index in [2.05, 4.69) is 31.3 Å². The summed E-state index contributed by atoms with van der Waals surface area (Å²) in [6.07, 6.45) is 0. The fourth-order valence-corrected chi connectivity index (χ4v) is 2.17. The highest BCUT2D eigenvalue weighted by atomic mass is 19.1. The third-order valence-electron chi connectivity index (χ3n) is 3.19. The summed E-state index contributed by atoms with van der Waals surface area (Å²) in [6.45, 7) is 4.15. The van der Waals surface area contributed by atoms with Crippen LogP contribution in [0.3, 0.4) is 0 Å². The number of methoxy groups -OCH3 is 1. The maximum Gasteiger partial charge on any atom is 0.144 e. The highest BCUT2D eigenvalue weighted by molar-refractivity contribution is 5.57. The minimum absolute atomic E-state index is 0.126. The average Bonchev–Trinajstić information content (AvgIpc) is 2.41. The van der Waals surface area contributed by atoms with Crippen LogP contribution in [0.25, 0.3) is 0 Å². The van der Waals surface area contributed by atoms with E-state index < -0.39 is 0 Å². The third kappa shape index (κ3) is 3.05. The molecule has 2 aromatic rings. The second kappa shape index (κ2) is 5.74. The number of anilines is 1. The van der Waals surface area contributed by atoms with Gasteiger partial charge < -0.3 is 10.1 Å². The van der Waals surface area contributed by atoms with E-state index in [4.69, 9.17) is 4.74 Å². The molecular formula is C16H18FNO. The molecule has 1 N–H and O–H groups in total. The van der Waals surface area contributed by atoms with Crippen molar-refractivity contribution in [2.24, 2.45) is 0 Å². The van der Waals surface area contributed by atoms with Gasteiger partial charge in [0.25, 0.3) is 0 Å². The Kier molecular flexibility index (Phi) is 4.05. The molecule has 0 saturated carbocycles. The lowest BCUT2D eigenvalue weighted by atomic mass is 10.0. The van der Waals surface area contributed by atoms with Gasteiger partial charge in [0.15, 0.2) is 0 Å². The maximum absolute atomic E-state index is 13.2. The number of aryl methyl sites for hydroxylation is 1. The predicted octanol–water partition coefficient (Wildman–Crippen LogP) is 4.32. The summed E-state index contributed by atoms with van der Waals surface area (Å²) in [5.74, 6) is 0.214. The van der Waals surface area contributed by atoms with Crippen LogP contribution in [0.4, 0.5) is 10.1 Å². The topological polar surface area (TPSA) is 21.3 Å². The van der Waals surface area contributed by atoms with Crippen molar-refractivity contribution in [2.75, 3.05) is 12.4 Å². The first-order valence-electron chi connectivity index (χ1n) is 6.27. The monoisotopic (exact) mass is 259 g/mol. The van der Waals surface area contributed by atoms with Gasteiger partial charge in [0.1, 0.15) is 11.6 Å². The van der Waals surface area contributed by atoms with Gasteiger partial charge in [-0.25, -0.2) is 4.39 Å². The average molecular weight is 259 g/mol. The number of rotatable bonds is 4. The molecule has 1 atom stereocenters. The number of halogens is 1. The molecule has 0 aliphatic rings. The second-order valence-electron chi connectivity index (χ2n) is 4.57. The lowest BCUT2D eigenvalue weighted by Gasteiger charge is -2.19. The predicted molar refractivity (Wildman–Crippen MR) is 76.2 cm³/mol. The van der Waals surface area contributed by atoms with Crippen LogP contribution in [0.1, 0.15) is 24.1 Å². The fourth-order valence-electron chi connectivity index (χ4n) is 2.17. The number of benzene rings is 2. The number of hydrogen-bond acceptors (Lipinski definition) is 2. The number of ether oxygens (including phenoxy) is 1. The molecule has 0 radical (unpaired) electrons. The van der Waals surface area contributed by atoms with Crippen molar-refractivity contribution < 1.29 is 9.13 Å². The molecule has 0 aliphatic carbocycles. The van der Waals surface area contributed by atoms with Crippen molar-refractivity contribution >= 4 is 5.69 Å². The van der Waals surface area contributed by atoms with Gasteiger partial charge >= 0.3 is 0 Å². The van der Waals surface area contributed by atoms with Gasteiger partial charge in [-0.2, -0.15) is 0 Å². The van der Waals surface area contributed by atoms with E-state index in [-0.39, 0.29) is 11.9 Å². The summed E-state index contributed by atoms with van der Waals surface area (Å²) in [4.78, 5) is 0. The molecule has 3 heteroatoms. The van der Waals surface area contributed by atoms with Crippen molar-refractivity contribution in [3.63, 3.8) is 0 Å². The molecule has 2 aromatic carbocycles. The Bertz CT molecular complexity index is 568. The van der Waals surface area contributed by atoms with Crippen LogP contribution in [-0.4, -0.2) is 7.11 Å². The van der Waals surface area contributed by atoms with Gasteiger partial charge in [-0.15, -0.1) is 0 Å². The van der Waals surface area contributed by atoms with Crippen LogP contribution in [-0.2, 0) is 0 Å². The molecule has 1 unspecified atom stereocenters. The summed E-state index contributed by atoms with van der Waals surface area (Å²) >= 11 is 0. The molecule has 0 bridgehead atoms. The Labute approximate surface area is 113 Å². The van der Waals surface area contributed by atoms with Crippen LogP contribution >= 0.6 is 0 Å². The quantitative estimate of drug-likeness (QED) is 0.883. The van der Waals surface area contributed by atoms with E-state index in [0.29, 0.717) is 5.75 Å². The SMILES string of the molecule is COc1cc(F)ccc1NC(C)c1ccccc1C. The highest BCUT2D eigenvalue weighted by Gasteiger charge is 2.11. The molecule has 0 saturated heterocycles. The van der Waals surface area contributed by atoms with Gasteiger partial charge in [-0.05, 0) is 37.1 Å². The zero-order valence-electron chi connectivity index (χ0n) is 11.4. The maximum atomic E-state index is 13.2. The molecular weight excluding hydrogens is 241 g/mol. The Morgan fingerprint density at radius 3 is 2.58 bits per heavy atom. The molecule has 0 amide bonds. The zero-order chi connectivity index (χ0) is 13.8. The zero-order valence-corrected chi connectivity index (χ0v) is 11.4. The molecule has 0 spiro atoms. The van der Waals surface area contributed by atoms with Gasteiger partial charge in [0.05, 0.1) is 12.8 Å². The van der Waals surface area contributed by atoms with E-state index in [1.807, 2.05) is 12.1 Å². The van der Waals surface area contributed by atoms with Crippen LogP contribution in [0.5, 0.6) is 5.75 Å². The summed E-state index contributed by atoms with van der Waals surface area (Å²) in [5, 5.41) is 3.35. The lowest BCUT2D eigenvalue weighted by molar-refractivity contribution is 0.412. The number of hydrogen-bond donors (Lipinski definition) is 1. The van der Waals surface area contributed by atoms with E-state index in [1.54, 1.807) is 13.2 Å². The Hall–Kier alpha value is -2.03. The summed E-state index contributed by atoms with van der Waals surface area (Å²) < 4.78 is 18.3. The van der Waals surface area contributed by atoms with Crippen molar-refractivity contribution in [3.8, 4) is 5.75 Å². The first kappa shape index (κ1) is 13.4. The molecule has 100 valence electrons. The molecule has 0 fully saturated rings. The molecule has 2 rings (SSSR count). The molecule has 0 heterocycles. The van der Waals surface area contributed by atoms with Crippen LogP contribution in [0.15, 0.2) is 42.5 Å². The number of nitrogens with one attached hydrogen (secondary N) is 1. The third-order valence-corrected chi connectivity index (χ3v) is 3.19. The molecule has 19 heavy (non-hydrogen) atoms. The second-order valence-corrected chi connectivity index (χ2v) is 4.57. The van der Waals surface area contributed by atoms with Crippen molar-refractivity contribution in [2.45, 2.75) is 19.9 Å². The van der Waals surface area contributed by atoms with Crippen LogP contribution in [0, 0.1) is 12.7 Å². The largest absolute Gasteiger partial charge is 0.494 e. The van der Waals surface area contributed by atoms with Gasteiger partial charge in [0.2, 0.25) is 0 Å². The first-order chi connectivity index (χ1) is 9.11. The van der Waals surface area contributed by atoms with Crippen LogP contribution < -0.4 is 10.1 Å². The summed E-state index contributed by atoms with van der Waals surface area (Å²) in [7, 11) is 1.54. The Morgan fingerprint density at radius 2 is 1.89 bits per heavy atom. The standard InChI is InChI=1S/C16H18FNO/c1-11-6-4-5-7-14(11)12(2)18-15-9-8-13(17)10-16(15)19-3/h4-10,12,18H,1-3H3. The van der Waals surface area contributed by atoms with Crippen LogP contribution in [0.2, 0.25) is 0 Å². The fraction of sp³-hybridized carbons (Fsp3) is 0.250. The Balaban J connectivity index is 2.24. The van der Waals surface area contributed by atoms with Gasteiger partial charge in [0, 0.05) is 12.1 Å². The molecule has 0 aromatic heterocycles. The van der Waals surface area contributed by atoms with E-state index in [9.17, 15) is 4.39 Å². The van der Waals surface area contributed by atoms with E-state index >= 15 is 0 Å². The summed E-state index contributed by atoms with van der Waals surface area (Å²) in [5.41, 5.74) is 3.23. The normalized spacial score (nSPS) is 12.0. The van der Waals surface area contributed by atoms with Crippen molar-refractivity contribution in [3.05, 3.63) is 59.4 Å². The van der Waals surface area contributed by atoms with Crippen molar-refractivity contribution in [1.82, 2.24) is 0 Å². The molecule has 0 aliphatic heterocycles. The van der Waals surface area contributed by atoms with Gasteiger partial charge in [-0.3, -0.25) is 0 Å². The Morgan fingerprint density at radius 1 is 1.16 bits per heavy atom. The highest BCUT2D eigenvalue weighted by Crippen LogP contribution is 2.29. The smallest absolute Gasteiger partial charge is 0.144 e. The van der Waals surface area contributed by atoms with Crippen molar-refractivity contribution in [1.29, 1.82) is 0 Å². The minimum atomic E-state index is -0.300. The summed E-state index contributed by atoms with van der Waals surface area (Å²) in [6, 6.07) is 12.8.